The molecule has 1 saturated heterocycles. The molecule has 1 aliphatic rings. The standard InChI is InChI=1S/C27H31N3O2/c1-29-14-16-30(17-15-29)20-24-7-5-6-23(18-24)19-28-27(31)25-12-10-22(11-13-25)21-32-26-8-3-2-4-9-26/h2-13,18H,14-17,19-21H2,1H3,(H,28,31). The van der Waals surface area contributed by atoms with Gasteiger partial charge in [0.05, 0.1) is 0 Å². The molecule has 0 spiro atoms. The van der Waals surface area contributed by atoms with Gasteiger partial charge in [-0.15, -0.1) is 0 Å². The van der Waals surface area contributed by atoms with Gasteiger partial charge in [-0.3, -0.25) is 9.69 Å². The van der Waals surface area contributed by atoms with Crippen molar-refractivity contribution in [1.82, 2.24) is 15.1 Å². The molecule has 5 heteroatoms. The molecule has 1 aliphatic heterocycles. The molecule has 0 bridgehead atoms. The van der Waals surface area contributed by atoms with Gasteiger partial charge in [-0.1, -0.05) is 54.6 Å². The summed E-state index contributed by atoms with van der Waals surface area (Å²) in [6.45, 7) is 6.40. The van der Waals surface area contributed by atoms with Crippen LogP contribution >= 0.6 is 0 Å². The molecule has 1 heterocycles. The SMILES string of the molecule is CN1CCN(Cc2cccc(CNC(=O)c3ccc(COc4ccccc4)cc3)c2)CC1. The van der Waals surface area contributed by atoms with Crippen molar-refractivity contribution in [3.05, 3.63) is 101 Å². The van der Waals surface area contributed by atoms with Crippen LogP contribution in [0.2, 0.25) is 0 Å². The maximum atomic E-state index is 12.6. The van der Waals surface area contributed by atoms with E-state index in [0.29, 0.717) is 18.7 Å². The van der Waals surface area contributed by atoms with Crippen molar-refractivity contribution < 1.29 is 9.53 Å². The molecule has 1 N–H and O–H groups in total. The van der Waals surface area contributed by atoms with Crippen LogP contribution in [0.3, 0.4) is 0 Å². The molecule has 3 aromatic carbocycles. The second-order valence-corrected chi connectivity index (χ2v) is 8.38. The fraction of sp³-hybridized carbons (Fsp3) is 0.296. The van der Waals surface area contributed by atoms with Crippen molar-refractivity contribution in [3.63, 3.8) is 0 Å². The molecule has 0 aliphatic carbocycles. The number of piperazine rings is 1. The lowest BCUT2D eigenvalue weighted by Gasteiger charge is -2.32. The molecule has 3 aromatic rings. The Balaban J connectivity index is 1.26. The summed E-state index contributed by atoms with van der Waals surface area (Å²) in [5.74, 6) is 0.772. The molecule has 4 rings (SSSR count). The average molecular weight is 430 g/mol. The first-order chi connectivity index (χ1) is 15.7. The van der Waals surface area contributed by atoms with E-state index in [1.807, 2.05) is 54.6 Å². The number of ether oxygens (including phenoxy) is 1. The number of rotatable bonds is 8. The van der Waals surface area contributed by atoms with Gasteiger partial charge in [-0.25, -0.2) is 0 Å². The number of carbonyl (C=O) groups excluding carboxylic acids is 1. The van der Waals surface area contributed by atoms with Crippen molar-refractivity contribution in [2.24, 2.45) is 0 Å². The highest BCUT2D eigenvalue weighted by Crippen LogP contribution is 2.13. The number of likely N-dealkylation sites (N-methyl/N-ethyl adjacent to an activating group) is 1. The molecule has 0 atom stereocenters. The van der Waals surface area contributed by atoms with Gasteiger partial charge in [0.25, 0.3) is 5.91 Å². The van der Waals surface area contributed by atoms with Crippen LogP contribution in [0.5, 0.6) is 5.75 Å². The van der Waals surface area contributed by atoms with Gasteiger partial charge in [0, 0.05) is 44.8 Å². The van der Waals surface area contributed by atoms with E-state index >= 15 is 0 Å². The molecule has 0 aromatic heterocycles. The van der Waals surface area contributed by atoms with Crippen LogP contribution in [-0.2, 0) is 19.7 Å². The number of nitrogens with zero attached hydrogens (tertiary/aromatic N) is 2. The largest absolute Gasteiger partial charge is 0.489 e. The van der Waals surface area contributed by atoms with E-state index in [0.717, 1.165) is 49.6 Å². The van der Waals surface area contributed by atoms with E-state index in [2.05, 4.69) is 46.4 Å². The van der Waals surface area contributed by atoms with Crippen molar-refractivity contribution in [3.8, 4) is 5.75 Å². The third-order valence-electron chi connectivity index (χ3n) is 5.81. The van der Waals surface area contributed by atoms with Crippen molar-refractivity contribution in [1.29, 1.82) is 0 Å². The number of hydrogen-bond donors (Lipinski definition) is 1. The fourth-order valence-corrected chi connectivity index (χ4v) is 3.82. The van der Waals surface area contributed by atoms with Crippen LogP contribution in [-0.4, -0.2) is 48.9 Å². The van der Waals surface area contributed by atoms with Gasteiger partial charge in [-0.05, 0) is 48.0 Å². The first-order valence-electron chi connectivity index (χ1n) is 11.2. The van der Waals surface area contributed by atoms with Crippen LogP contribution in [0, 0.1) is 0 Å². The highest BCUT2D eigenvalue weighted by Gasteiger charge is 2.14. The Hall–Kier alpha value is -3.15. The normalized spacial score (nSPS) is 14.8. The van der Waals surface area contributed by atoms with Crippen LogP contribution in [0.1, 0.15) is 27.0 Å². The van der Waals surface area contributed by atoms with E-state index in [4.69, 9.17) is 4.74 Å². The molecule has 32 heavy (non-hydrogen) atoms. The molecule has 166 valence electrons. The number of hydrogen-bond acceptors (Lipinski definition) is 4. The summed E-state index contributed by atoms with van der Waals surface area (Å²) in [7, 11) is 2.17. The second kappa shape index (κ2) is 10.9. The Bertz CT molecular complexity index is 997. The Labute approximate surface area is 190 Å². The van der Waals surface area contributed by atoms with Crippen molar-refractivity contribution >= 4 is 5.91 Å². The highest BCUT2D eigenvalue weighted by atomic mass is 16.5. The van der Waals surface area contributed by atoms with Crippen LogP contribution in [0.15, 0.2) is 78.9 Å². The summed E-state index contributed by atoms with van der Waals surface area (Å²) in [5.41, 5.74) is 4.10. The van der Waals surface area contributed by atoms with Crippen LogP contribution in [0.25, 0.3) is 0 Å². The van der Waals surface area contributed by atoms with Gasteiger partial charge in [0.15, 0.2) is 0 Å². The molecule has 5 nitrogen and oxygen atoms in total. The molecule has 1 fully saturated rings. The number of amides is 1. The fourth-order valence-electron chi connectivity index (χ4n) is 3.82. The summed E-state index contributed by atoms with van der Waals surface area (Å²) in [5, 5.41) is 3.04. The Morgan fingerprint density at radius 3 is 2.31 bits per heavy atom. The monoisotopic (exact) mass is 429 g/mol. The zero-order valence-corrected chi connectivity index (χ0v) is 18.7. The van der Waals surface area contributed by atoms with Gasteiger partial charge in [0.2, 0.25) is 0 Å². The third kappa shape index (κ3) is 6.42. The molecule has 0 unspecified atom stereocenters. The van der Waals surface area contributed by atoms with E-state index in [1.54, 1.807) is 0 Å². The minimum atomic E-state index is -0.0648. The maximum Gasteiger partial charge on any atom is 0.251 e. The summed E-state index contributed by atoms with van der Waals surface area (Å²) < 4.78 is 5.76. The second-order valence-electron chi connectivity index (χ2n) is 8.38. The van der Waals surface area contributed by atoms with Crippen molar-refractivity contribution in [2.75, 3.05) is 33.2 Å². The Kier molecular flexibility index (Phi) is 7.54. The van der Waals surface area contributed by atoms with Crippen molar-refractivity contribution in [2.45, 2.75) is 19.7 Å². The zero-order valence-electron chi connectivity index (χ0n) is 18.7. The molecular weight excluding hydrogens is 398 g/mol. The van der Waals surface area contributed by atoms with Gasteiger partial charge in [-0.2, -0.15) is 0 Å². The van der Waals surface area contributed by atoms with Gasteiger partial charge in [0.1, 0.15) is 12.4 Å². The van der Waals surface area contributed by atoms with Crippen LogP contribution < -0.4 is 10.1 Å². The molecule has 1 amide bonds. The van der Waals surface area contributed by atoms with E-state index in [9.17, 15) is 4.79 Å². The molecular formula is C27H31N3O2. The van der Waals surface area contributed by atoms with Gasteiger partial charge < -0.3 is 15.0 Å². The average Bonchev–Trinajstić information content (AvgIpc) is 2.84. The summed E-state index contributed by atoms with van der Waals surface area (Å²) in [6.07, 6.45) is 0. The van der Waals surface area contributed by atoms with Crippen LogP contribution in [0.4, 0.5) is 0 Å². The predicted molar refractivity (Wildman–Crippen MR) is 128 cm³/mol. The quantitative estimate of drug-likeness (QED) is 0.589. The number of nitrogens with one attached hydrogen (secondary N) is 1. The number of para-hydroxylation sites is 1. The summed E-state index contributed by atoms with van der Waals surface area (Å²) >= 11 is 0. The number of carbonyl (C=O) groups is 1. The zero-order chi connectivity index (χ0) is 22.2. The first kappa shape index (κ1) is 22.1. The predicted octanol–water partition coefficient (Wildman–Crippen LogP) is 3.94. The van der Waals surface area contributed by atoms with Gasteiger partial charge >= 0.3 is 0 Å². The summed E-state index contributed by atoms with van der Waals surface area (Å²) in [6, 6.07) is 25.8. The minimum absolute atomic E-state index is 0.0648. The first-order valence-corrected chi connectivity index (χ1v) is 11.2. The smallest absolute Gasteiger partial charge is 0.251 e. The topological polar surface area (TPSA) is 44.8 Å². The lowest BCUT2D eigenvalue weighted by Crippen LogP contribution is -2.43. The highest BCUT2D eigenvalue weighted by molar-refractivity contribution is 5.94. The Morgan fingerprint density at radius 1 is 0.844 bits per heavy atom. The Morgan fingerprint density at radius 2 is 1.56 bits per heavy atom. The van der Waals surface area contributed by atoms with E-state index in [-0.39, 0.29) is 5.91 Å². The molecule has 0 radical (unpaired) electrons. The summed E-state index contributed by atoms with van der Waals surface area (Å²) in [4.78, 5) is 17.4. The van der Waals surface area contributed by atoms with E-state index in [1.165, 1.54) is 5.56 Å². The third-order valence-corrected chi connectivity index (χ3v) is 5.81. The van der Waals surface area contributed by atoms with E-state index < -0.39 is 0 Å². The minimum Gasteiger partial charge on any atom is -0.489 e. The number of benzene rings is 3. The molecule has 0 saturated carbocycles. The lowest BCUT2D eigenvalue weighted by atomic mass is 10.1. The lowest BCUT2D eigenvalue weighted by molar-refractivity contribution is 0.0951. The maximum absolute atomic E-state index is 12.6.